The van der Waals surface area contributed by atoms with Gasteiger partial charge in [-0.05, 0) is 48.0 Å². The maximum Gasteiger partial charge on any atom is 0.335 e. The first-order valence-corrected chi connectivity index (χ1v) is 9.42. The quantitative estimate of drug-likeness (QED) is 0.500. The molecule has 5 amide bonds. The first-order chi connectivity index (χ1) is 14.7. The molecule has 0 atom stereocenters. The van der Waals surface area contributed by atoms with Crippen LogP contribution in [0.5, 0.6) is 11.5 Å². The maximum absolute atomic E-state index is 12.9. The lowest BCUT2D eigenvalue weighted by molar-refractivity contribution is -0.123. The Bertz CT molecular complexity index is 1110. The molecule has 160 valence electrons. The first kappa shape index (κ1) is 22.1. The van der Waals surface area contributed by atoms with Crippen LogP contribution in [-0.4, -0.2) is 37.5 Å². The number of hydrogen-bond acceptors (Lipinski definition) is 6. The van der Waals surface area contributed by atoms with Gasteiger partial charge in [-0.3, -0.25) is 19.7 Å². The molecule has 3 N–H and O–H groups in total. The number of amides is 5. The summed E-state index contributed by atoms with van der Waals surface area (Å²) in [5.41, 5.74) is 5.31. The van der Waals surface area contributed by atoms with E-state index in [0.717, 1.165) is 4.90 Å². The zero-order valence-corrected chi connectivity index (χ0v) is 17.5. The standard InChI is InChI=1S/C20H15Cl2N3O6/c1-30-15-8-10(7-14(22)17(15)31-9-16(23)26)6-13-18(27)24-20(29)25(19(13)28)12-4-2-11(21)3-5-12/h2-8H,9H2,1H3,(H2,23,26)(H,24,27,29)/b13-6+. The summed E-state index contributed by atoms with van der Waals surface area (Å²) in [6, 6.07) is 7.91. The molecule has 0 spiro atoms. The van der Waals surface area contributed by atoms with Crippen molar-refractivity contribution in [3.63, 3.8) is 0 Å². The van der Waals surface area contributed by atoms with Gasteiger partial charge < -0.3 is 15.2 Å². The lowest BCUT2D eigenvalue weighted by Crippen LogP contribution is -2.54. The number of barbiturate groups is 1. The van der Waals surface area contributed by atoms with E-state index in [9.17, 15) is 19.2 Å². The molecule has 0 aliphatic carbocycles. The number of rotatable bonds is 6. The zero-order chi connectivity index (χ0) is 22.7. The number of anilines is 1. The van der Waals surface area contributed by atoms with Crippen molar-refractivity contribution in [3.05, 3.63) is 57.6 Å². The highest BCUT2D eigenvalue weighted by Crippen LogP contribution is 2.37. The summed E-state index contributed by atoms with van der Waals surface area (Å²) in [5, 5.41) is 2.59. The van der Waals surface area contributed by atoms with Gasteiger partial charge in [0.05, 0.1) is 17.8 Å². The smallest absolute Gasteiger partial charge is 0.335 e. The number of methoxy groups -OCH3 is 1. The average molecular weight is 464 g/mol. The number of urea groups is 1. The number of primary amides is 1. The maximum atomic E-state index is 12.9. The number of benzene rings is 2. The second-order valence-corrected chi connectivity index (χ2v) is 7.07. The van der Waals surface area contributed by atoms with E-state index in [1.54, 1.807) is 0 Å². The molecule has 31 heavy (non-hydrogen) atoms. The minimum Gasteiger partial charge on any atom is -0.493 e. The monoisotopic (exact) mass is 463 g/mol. The lowest BCUT2D eigenvalue weighted by atomic mass is 10.1. The molecule has 1 saturated heterocycles. The molecule has 2 aromatic rings. The minimum absolute atomic E-state index is 0.0572. The van der Waals surface area contributed by atoms with Gasteiger partial charge >= 0.3 is 6.03 Å². The van der Waals surface area contributed by atoms with Crippen molar-refractivity contribution < 1.29 is 28.7 Å². The van der Waals surface area contributed by atoms with Crippen LogP contribution in [0.15, 0.2) is 42.0 Å². The average Bonchev–Trinajstić information content (AvgIpc) is 2.71. The van der Waals surface area contributed by atoms with Gasteiger partial charge in [0.25, 0.3) is 17.7 Å². The van der Waals surface area contributed by atoms with Crippen LogP contribution in [0.4, 0.5) is 10.5 Å². The van der Waals surface area contributed by atoms with Crippen molar-refractivity contribution in [2.75, 3.05) is 18.6 Å². The van der Waals surface area contributed by atoms with Crippen LogP contribution in [0, 0.1) is 0 Å². The number of halogens is 2. The van der Waals surface area contributed by atoms with Gasteiger partial charge in [-0.2, -0.15) is 0 Å². The van der Waals surface area contributed by atoms with E-state index in [1.807, 2.05) is 0 Å². The molecule has 1 aliphatic rings. The Morgan fingerprint density at radius 2 is 1.84 bits per heavy atom. The van der Waals surface area contributed by atoms with Gasteiger partial charge in [0.15, 0.2) is 18.1 Å². The molecule has 0 radical (unpaired) electrons. The number of carbonyl (C=O) groups excluding carboxylic acids is 4. The Morgan fingerprint density at radius 3 is 2.45 bits per heavy atom. The Balaban J connectivity index is 1.99. The molecule has 0 saturated carbocycles. The summed E-state index contributed by atoms with van der Waals surface area (Å²) >= 11 is 12.0. The number of nitrogens with one attached hydrogen (secondary N) is 1. The number of ether oxygens (including phenoxy) is 2. The van der Waals surface area contributed by atoms with E-state index in [0.29, 0.717) is 10.6 Å². The summed E-state index contributed by atoms with van der Waals surface area (Å²) in [4.78, 5) is 49.3. The summed E-state index contributed by atoms with van der Waals surface area (Å²) in [5.74, 6) is -2.19. The van der Waals surface area contributed by atoms with Gasteiger partial charge in [0.2, 0.25) is 0 Å². The molecule has 1 aliphatic heterocycles. The minimum atomic E-state index is -0.889. The van der Waals surface area contributed by atoms with E-state index < -0.39 is 30.4 Å². The van der Waals surface area contributed by atoms with Crippen LogP contribution in [0.25, 0.3) is 6.08 Å². The van der Waals surface area contributed by atoms with Crippen molar-refractivity contribution >= 4 is 58.7 Å². The fourth-order valence-corrected chi connectivity index (χ4v) is 3.15. The Hall–Kier alpha value is -3.56. The summed E-state index contributed by atoms with van der Waals surface area (Å²) < 4.78 is 10.5. The predicted molar refractivity (Wildman–Crippen MR) is 113 cm³/mol. The highest BCUT2D eigenvalue weighted by Gasteiger charge is 2.36. The SMILES string of the molecule is COc1cc(/C=C2\C(=O)NC(=O)N(c3ccc(Cl)cc3)C2=O)cc(Cl)c1OCC(N)=O. The molecule has 3 rings (SSSR count). The van der Waals surface area contributed by atoms with Crippen molar-refractivity contribution in [3.8, 4) is 11.5 Å². The topological polar surface area (TPSA) is 128 Å². The van der Waals surface area contributed by atoms with Gasteiger partial charge in [0.1, 0.15) is 5.57 Å². The number of imide groups is 2. The molecule has 0 unspecified atom stereocenters. The normalized spacial score (nSPS) is 15.1. The van der Waals surface area contributed by atoms with Crippen LogP contribution in [-0.2, 0) is 14.4 Å². The molecule has 11 heteroatoms. The third kappa shape index (κ3) is 4.79. The van der Waals surface area contributed by atoms with Crippen LogP contribution < -0.4 is 25.4 Å². The summed E-state index contributed by atoms with van der Waals surface area (Å²) in [7, 11) is 1.35. The third-order valence-corrected chi connectivity index (χ3v) is 4.64. The second kappa shape index (κ2) is 9.07. The van der Waals surface area contributed by atoms with Gasteiger partial charge in [-0.15, -0.1) is 0 Å². The molecule has 1 heterocycles. The van der Waals surface area contributed by atoms with Crippen LogP contribution in [0.3, 0.4) is 0 Å². The fraction of sp³-hybridized carbons (Fsp3) is 0.100. The highest BCUT2D eigenvalue weighted by molar-refractivity contribution is 6.39. The van der Waals surface area contributed by atoms with Crippen molar-refractivity contribution in [2.45, 2.75) is 0 Å². The first-order valence-electron chi connectivity index (χ1n) is 8.67. The van der Waals surface area contributed by atoms with Gasteiger partial charge in [-0.1, -0.05) is 23.2 Å². The molecule has 0 aromatic heterocycles. The summed E-state index contributed by atoms with van der Waals surface area (Å²) in [6.45, 7) is -0.421. The molecule has 0 bridgehead atoms. The van der Waals surface area contributed by atoms with Crippen LogP contribution in [0.2, 0.25) is 10.0 Å². The molecule has 1 fully saturated rings. The van der Waals surface area contributed by atoms with Gasteiger partial charge in [0, 0.05) is 5.02 Å². The van der Waals surface area contributed by atoms with Crippen molar-refractivity contribution in [1.29, 1.82) is 0 Å². The van der Waals surface area contributed by atoms with E-state index in [1.165, 1.54) is 49.6 Å². The van der Waals surface area contributed by atoms with Crippen molar-refractivity contribution in [2.24, 2.45) is 5.73 Å². The molecular formula is C20H15Cl2N3O6. The number of nitrogens with zero attached hydrogens (tertiary/aromatic N) is 1. The predicted octanol–water partition coefficient (Wildman–Crippen LogP) is 2.53. The van der Waals surface area contributed by atoms with E-state index in [4.69, 9.17) is 38.4 Å². The van der Waals surface area contributed by atoms with Crippen LogP contribution in [0.1, 0.15) is 5.56 Å². The van der Waals surface area contributed by atoms with Gasteiger partial charge in [-0.25, -0.2) is 9.69 Å². The van der Waals surface area contributed by atoms with E-state index >= 15 is 0 Å². The molecule has 9 nitrogen and oxygen atoms in total. The Labute approximate surface area is 186 Å². The lowest BCUT2D eigenvalue weighted by Gasteiger charge is -2.26. The zero-order valence-electron chi connectivity index (χ0n) is 16.0. The van der Waals surface area contributed by atoms with Crippen molar-refractivity contribution in [1.82, 2.24) is 5.32 Å². The van der Waals surface area contributed by atoms with E-state index in [-0.39, 0.29) is 27.8 Å². The molecule has 2 aromatic carbocycles. The fourth-order valence-electron chi connectivity index (χ4n) is 2.76. The number of nitrogens with two attached hydrogens (primary N) is 1. The van der Waals surface area contributed by atoms with Crippen LogP contribution >= 0.6 is 23.2 Å². The van der Waals surface area contributed by atoms with E-state index in [2.05, 4.69) is 5.32 Å². The number of hydrogen-bond donors (Lipinski definition) is 2. The number of carbonyl (C=O) groups is 4. The summed E-state index contributed by atoms with van der Waals surface area (Å²) in [6.07, 6.45) is 1.25. The second-order valence-electron chi connectivity index (χ2n) is 6.22. The highest BCUT2D eigenvalue weighted by atomic mass is 35.5. The third-order valence-electron chi connectivity index (χ3n) is 4.11. The Kier molecular flexibility index (Phi) is 6.47. The largest absolute Gasteiger partial charge is 0.493 e. The molecular weight excluding hydrogens is 449 g/mol. The Morgan fingerprint density at radius 1 is 1.16 bits per heavy atom.